The van der Waals surface area contributed by atoms with Crippen LogP contribution in [0.3, 0.4) is 0 Å². The number of hydrogen-bond acceptors (Lipinski definition) is 7. The smallest absolute Gasteiger partial charge is 0.271 e. The van der Waals surface area contributed by atoms with Crippen molar-refractivity contribution in [3.63, 3.8) is 0 Å². The molecule has 1 amide bonds. The third-order valence-corrected chi connectivity index (χ3v) is 4.47. The molecule has 1 unspecified atom stereocenters. The molecule has 3 aromatic rings. The summed E-state index contributed by atoms with van der Waals surface area (Å²) in [5, 5.41) is 15.7. The van der Waals surface area contributed by atoms with Gasteiger partial charge in [-0.3, -0.25) is 4.79 Å². The summed E-state index contributed by atoms with van der Waals surface area (Å²) in [6, 6.07) is 5.31. The van der Waals surface area contributed by atoms with Crippen molar-refractivity contribution in [3.05, 3.63) is 41.6 Å². The SMILES string of the molecule is Cc1cc(C)n(-c2nnc(SCC(=O)NC(C)c3ccco3)n2N)n1. The van der Waals surface area contributed by atoms with Crippen molar-refractivity contribution in [2.45, 2.75) is 32.0 Å². The molecule has 1 atom stereocenters. The molecular formula is C15H19N7O2S. The molecule has 0 saturated heterocycles. The van der Waals surface area contributed by atoms with E-state index in [4.69, 9.17) is 10.3 Å². The van der Waals surface area contributed by atoms with Crippen molar-refractivity contribution in [1.29, 1.82) is 0 Å². The predicted octanol–water partition coefficient (Wildman–Crippen LogP) is 1.36. The van der Waals surface area contributed by atoms with Gasteiger partial charge in [0.2, 0.25) is 11.1 Å². The Labute approximate surface area is 148 Å². The summed E-state index contributed by atoms with van der Waals surface area (Å²) in [7, 11) is 0. The lowest BCUT2D eigenvalue weighted by Gasteiger charge is -2.11. The summed E-state index contributed by atoms with van der Waals surface area (Å²) >= 11 is 1.20. The highest BCUT2D eigenvalue weighted by Gasteiger charge is 2.17. The van der Waals surface area contributed by atoms with Gasteiger partial charge in [-0.05, 0) is 39.0 Å². The first-order valence-electron chi connectivity index (χ1n) is 7.65. The van der Waals surface area contributed by atoms with E-state index in [9.17, 15) is 4.79 Å². The van der Waals surface area contributed by atoms with Gasteiger partial charge in [0.05, 0.1) is 23.8 Å². The topological polar surface area (TPSA) is 117 Å². The molecule has 0 aromatic carbocycles. The fourth-order valence-electron chi connectivity index (χ4n) is 2.37. The maximum atomic E-state index is 12.1. The van der Waals surface area contributed by atoms with Crippen LogP contribution in [0.2, 0.25) is 0 Å². The molecule has 3 rings (SSSR count). The number of nitrogens with one attached hydrogen (secondary N) is 1. The summed E-state index contributed by atoms with van der Waals surface area (Å²) in [6.45, 7) is 5.65. The Kier molecular flexibility index (Phi) is 4.79. The molecule has 9 nitrogen and oxygen atoms in total. The molecule has 0 aliphatic heterocycles. The van der Waals surface area contributed by atoms with E-state index in [1.807, 2.05) is 32.9 Å². The van der Waals surface area contributed by atoms with Crippen LogP contribution in [-0.4, -0.2) is 36.3 Å². The second kappa shape index (κ2) is 7.01. The summed E-state index contributed by atoms with van der Waals surface area (Å²) in [6.07, 6.45) is 1.57. The standard InChI is InChI=1S/C15H19N7O2S/c1-9-7-10(2)22(20-9)14-18-19-15(21(14)16)25-8-13(23)17-11(3)12-5-4-6-24-12/h4-7,11H,8,16H2,1-3H3,(H,17,23). The molecule has 0 aliphatic rings. The van der Waals surface area contributed by atoms with E-state index in [2.05, 4.69) is 20.6 Å². The first-order chi connectivity index (χ1) is 12.0. The lowest BCUT2D eigenvalue weighted by Crippen LogP contribution is -2.28. The van der Waals surface area contributed by atoms with Crippen LogP contribution in [0, 0.1) is 13.8 Å². The molecule has 25 heavy (non-hydrogen) atoms. The second-order valence-corrected chi connectivity index (χ2v) is 6.53. The van der Waals surface area contributed by atoms with E-state index in [1.165, 1.54) is 16.4 Å². The van der Waals surface area contributed by atoms with E-state index in [-0.39, 0.29) is 17.7 Å². The van der Waals surface area contributed by atoms with Gasteiger partial charge in [0.1, 0.15) is 5.76 Å². The van der Waals surface area contributed by atoms with Crippen LogP contribution >= 0.6 is 11.8 Å². The van der Waals surface area contributed by atoms with Crippen LogP contribution in [0.25, 0.3) is 5.95 Å². The number of thioether (sulfide) groups is 1. The van der Waals surface area contributed by atoms with Crippen molar-refractivity contribution in [2.75, 3.05) is 11.6 Å². The van der Waals surface area contributed by atoms with Crippen molar-refractivity contribution in [3.8, 4) is 5.95 Å². The van der Waals surface area contributed by atoms with E-state index >= 15 is 0 Å². The van der Waals surface area contributed by atoms with E-state index in [0.717, 1.165) is 11.4 Å². The quantitative estimate of drug-likeness (QED) is 0.503. The monoisotopic (exact) mass is 361 g/mol. The number of rotatable bonds is 6. The summed E-state index contributed by atoms with van der Waals surface area (Å²) in [5.41, 5.74) is 1.76. The maximum Gasteiger partial charge on any atom is 0.271 e. The van der Waals surface area contributed by atoms with Crippen molar-refractivity contribution >= 4 is 17.7 Å². The summed E-state index contributed by atoms with van der Waals surface area (Å²) in [5.74, 6) is 7.16. The zero-order chi connectivity index (χ0) is 18.0. The number of nitrogen functional groups attached to an aromatic ring is 1. The Hall–Kier alpha value is -2.75. The van der Waals surface area contributed by atoms with Gasteiger partial charge >= 0.3 is 0 Å². The predicted molar refractivity (Wildman–Crippen MR) is 92.8 cm³/mol. The molecule has 3 heterocycles. The molecule has 0 radical (unpaired) electrons. The zero-order valence-corrected chi connectivity index (χ0v) is 14.9. The molecule has 3 N–H and O–H groups in total. The third-order valence-electron chi connectivity index (χ3n) is 3.53. The van der Waals surface area contributed by atoms with Gasteiger partial charge in [0, 0.05) is 5.69 Å². The molecule has 0 aliphatic carbocycles. The summed E-state index contributed by atoms with van der Waals surface area (Å²) in [4.78, 5) is 12.1. The number of nitrogens with two attached hydrogens (primary N) is 1. The number of carbonyl (C=O) groups excluding carboxylic acids is 1. The fraction of sp³-hybridized carbons (Fsp3) is 0.333. The van der Waals surface area contributed by atoms with Gasteiger partial charge in [-0.15, -0.1) is 10.2 Å². The van der Waals surface area contributed by atoms with E-state index in [0.29, 0.717) is 16.9 Å². The molecule has 10 heteroatoms. The maximum absolute atomic E-state index is 12.1. The number of nitrogens with zero attached hydrogens (tertiary/aromatic N) is 5. The minimum atomic E-state index is -0.205. The number of amides is 1. The normalized spacial score (nSPS) is 12.3. The molecule has 132 valence electrons. The molecule has 0 saturated carbocycles. The van der Waals surface area contributed by atoms with Gasteiger partial charge < -0.3 is 15.6 Å². The Morgan fingerprint density at radius 2 is 2.24 bits per heavy atom. The van der Waals surface area contributed by atoms with Crippen LogP contribution < -0.4 is 11.2 Å². The van der Waals surface area contributed by atoms with Crippen LogP contribution in [0.1, 0.15) is 30.1 Å². The van der Waals surface area contributed by atoms with E-state index < -0.39 is 0 Å². The van der Waals surface area contributed by atoms with Crippen LogP contribution in [0.15, 0.2) is 34.0 Å². The van der Waals surface area contributed by atoms with Crippen LogP contribution in [0.5, 0.6) is 0 Å². The number of aryl methyl sites for hydroxylation is 2. The van der Waals surface area contributed by atoms with Crippen molar-refractivity contribution in [2.24, 2.45) is 0 Å². The molecule has 0 spiro atoms. The zero-order valence-electron chi connectivity index (χ0n) is 14.1. The minimum Gasteiger partial charge on any atom is -0.467 e. The number of furan rings is 1. The number of hydrogen-bond donors (Lipinski definition) is 2. The first-order valence-corrected chi connectivity index (χ1v) is 8.64. The molecule has 0 bridgehead atoms. The van der Waals surface area contributed by atoms with Crippen LogP contribution in [0.4, 0.5) is 0 Å². The minimum absolute atomic E-state index is 0.149. The van der Waals surface area contributed by atoms with Crippen molar-refractivity contribution in [1.82, 2.24) is 30.0 Å². The van der Waals surface area contributed by atoms with Gasteiger partial charge in [0.25, 0.3) is 5.95 Å². The second-order valence-electron chi connectivity index (χ2n) is 5.58. The summed E-state index contributed by atoms with van der Waals surface area (Å²) < 4.78 is 8.21. The Morgan fingerprint density at radius 3 is 2.88 bits per heavy atom. The van der Waals surface area contributed by atoms with Gasteiger partial charge in [-0.25, -0.2) is 9.36 Å². The lowest BCUT2D eigenvalue weighted by molar-refractivity contribution is -0.119. The first kappa shape index (κ1) is 17.1. The average molecular weight is 361 g/mol. The molecular weight excluding hydrogens is 342 g/mol. The van der Waals surface area contributed by atoms with Gasteiger partial charge in [0.15, 0.2) is 0 Å². The highest BCUT2D eigenvalue weighted by atomic mass is 32.2. The van der Waals surface area contributed by atoms with Crippen LogP contribution in [-0.2, 0) is 4.79 Å². The lowest BCUT2D eigenvalue weighted by atomic mass is 10.2. The Balaban J connectivity index is 1.62. The third kappa shape index (κ3) is 3.68. The van der Waals surface area contributed by atoms with Gasteiger partial charge in [-0.2, -0.15) is 5.10 Å². The fourth-order valence-corrected chi connectivity index (χ4v) is 3.03. The Morgan fingerprint density at radius 1 is 1.44 bits per heavy atom. The van der Waals surface area contributed by atoms with E-state index in [1.54, 1.807) is 17.0 Å². The number of carbonyl (C=O) groups is 1. The molecule has 3 aromatic heterocycles. The Bertz CT molecular complexity index is 869. The highest BCUT2D eigenvalue weighted by molar-refractivity contribution is 7.99. The highest BCUT2D eigenvalue weighted by Crippen LogP contribution is 2.18. The number of aromatic nitrogens is 5. The van der Waals surface area contributed by atoms with Gasteiger partial charge in [-0.1, -0.05) is 11.8 Å². The molecule has 0 fully saturated rings. The van der Waals surface area contributed by atoms with Crippen molar-refractivity contribution < 1.29 is 9.21 Å². The average Bonchev–Trinajstić information content (AvgIpc) is 3.27. The largest absolute Gasteiger partial charge is 0.467 e.